The van der Waals surface area contributed by atoms with Crippen molar-refractivity contribution in [2.45, 2.75) is 18.9 Å². The quantitative estimate of drug-likeness (QED) is 0.699. The van der Waals surface area contributed by atoms with Gasteiger partial charge in [0.05, 0.1) is 5.52 Å². The van der Waals surface area contributed by atoms with Gasteiger partial charge in [-0.05, 0) is 54.8 Å². The molecule has 4 nitrogen and oxygen atoms in total. The molecule has 3 aromatic rings. The molecule has 1 aromatic heterocycles. The summed E-state index contributed by atoms with van der Waals surface area (Å²) in [6.07, 6.45) is 4.32. The molecule has 2 aliphatic rings. The van der Waals surface area contributed by atoms with Crippen LogP contribution < -0.4 is 0 Å². The predicted octanol–water partition coefficient (Wildman–Crippen LogP) is 3.82. The molecule has 0 unspecified atom stereocenters. The van der Waals surface area contributed by atoms with E-state index in [1.54, 1.807) is 0 Å². The van der Waals surface area contributed by atoms with E-state index in [2.05, 4.69) is 22.0 Å². The maximum Gasteiger partial charge on any atom is 0.253 e. The molecule has 27 heavy (non-hydrogen) atoms. The Morgan fingerprint density at radius 3 is 2.89 bits per heavy atom. The van der Waals surface area contributed by atoms with Gasteiger partial charge in [-0.2, -0.15) is 0 Å². The van der Waals surface area contributed by atoms with Crippen LogP contribution in [0.2, 0.25) is 0 Å². The van der Waals surface area contributed by atoms with Gasteiger partial charge in [-0.25, -0.2) is 0 Å². The third-order valence-electron chi connectivity index (χ3n) is 5.94. The van der Waals surface area contributed by atoms with Crippen molar-refractivity contribution in [1.29, 1.82) is 0 Å². The van der Waals surface area contributed by atoms with Gasteiger partial charge in [0.25, 0.3) is 5.91 Å². The summed E-state index contributed by atoms with van der Waals surface area (Å²) in [6, 6.07) is 18.8. The molecule has 0 aliphatic carbocycles. The van der Waals surface area contributed by atoms with E-state index in [1.165, 1.54) is 19.4 Å². The van der Waals surface area contributed by atoms with Gasteiger partial charge < -0.3 is 4.90 Å². The lowest BCUT2D eigenvalue weighted by Gasteiger charge is -2.37. The van der Waals surface area contributed by atoms with Crippen LogP contribution >= 0.6 is 0 Å². The van der Waals surface area contributed by atoms with Gasteiger partial charge in [0.1, 0.15) is 0 Å². The number of pyridine rings is 1. The summed E-state index contributed by atoms with van der Waals surface area (Å²) in [5.74, 6) is 0.154. The van der Waals surface area contributed by atoms with Crippen LogP contribution in [0.1, 0.15) is 23.2 Å². The van der Waals surface area contributed by atoms with Crippen molar-refractivity contribution in [2.75, 3.05) is 26.2 Å². The number of rotatable bonds is 2. The summed E-state index contributed by atoms with van der Waals surface area (Å²) in [6.45, 7) is 3.89. The number of carbonyl (C=O) groups excluding carboxylic acids is 1. The van der Waals surface area contributed by atoms with Crippen LogP contribution in [0.15, 0.2) is 60.8 Å². The van der Waals surface area contributed by atoms with Crippen LogP contribution in [0.5, 0.6) is 0 Å². The molecule has 0 N–H and O–H groups in total. The summed E-state index contributed by atoms with van der Waals surface area (Å²) in [5.41, 5.74) is 3.94. The molecular weight excluding hydrogens is 334 g/mol. The minimum absolute atomic E-state index is 0.154. The highest BCUT2D eigenvalue weighted by atomic mass is 16.2. The van der Waals surface area contributed by atoms with Gasteiger partial charge in [0.15, 0.2) is 0 Å². The van der Waals surface area contributed by atoms with Gasteiger partial charge >= 0.3 is 0 Å². The smallest absolute Gasteiger partial charge is 0.253 e. The number of piperazine rings is 1. The Kier molecular flexibility index (Phi) is 4.13. The molecule has 4 heteroatoms. The van der Waals surface area contributed by atoms with Crippen molar-refractivity contribution in [1.82, 2.24) is 14.8 Å². The van der Waals surface area contributed by atoms with Crippen LogP contribution in [0.4, 0.5) is 0 Å². The van der Waals surface area contributed by atoms with Crippen LogP contribution in [0.3, 0.4) is 0 Å². The van der Waals surface area contributed by atoms with Crippen molar-refractivity contribution < 1.29 is 4.79 Å². The number of aromatic nitrogens is 1. The van der Waals surface area contributed by atoms with Crippen molar-refractivity contribution in [2.24, 2.45) is 0 Å². The topological polar surface area (TPSA) is 36.4 Å². The average Bonchev–Trinajstić information content (AvgIpc) is 3.21. The fourth-order valence-corrected chi connectivity index (χ4v) is 4.53. The lowest BCUT2D eigenvalue weighted by atomic mass is 9.99. The lowest BCUT2D eigenvalue weighted by molar-refractivity contribution is 0.0571. The van der Waals surface area contributed by atoms with Gasteiger partial charge in [0, 0.05) is 42.8 Å². The standard InChI is InChI=1S/C23H23N3O/c27-23(26-14-13-25-12-4-7-19(25)16-26)18-6-3-5-17(15-18)20-10-11-24-22-9-2-1-8-21(20)22/h1-3,5-6,8-11,15,19H,4,7,12-14,16H2/t19-/m0/s1. The Bertz CT molecular complexity index is 994. The fraction of sp³-hybridized carbons (Fsp3) is 0.304. The van der Waals surface area contributed by atoms with Crippen molar-refractivity contribution in [3.8, 4) is 11.1 Å². The Hall–Kier alpha value is -2.72. The molecule has 2 aromatic carbocycles. The minimum atomic E-state index is 0.154. The zero-order chi connectivity index (χ0) is 18.2. The van der Waals surface area contributed by atoms with E-state index in [1.807, 2.05) is 53.6 Å². The summed E-state index contributed by atoms with van der Waals surface area (Å²) >= 11 is 0. The maximum atomic E-state index is 13.1. The van der Waals surface area contributed by atoms with Crippen molar-refractivity contribution >= 4 is 16.8 Å². The summed E-state index contributed by atoms with van der Waals surface area (Å²) in [5, 5.41) is 1.11. The average molecular weight is 357 g/mol. The zero-order valence-electron chi connectivity index (χ0n) is 15.3. The second kappa shape index (κ2) is 6.78. The monoisotopic (exact) mass is 357 g/mol. The van der Waals surface area contributed by atoms with Crippen LogP contribution in [0, 0.1) is 0 Å². The molecule has 2 fully saturated rings. The third kappa shape index (κ3) is 3.00. The fourth-order valence-electron chi connectivity index (χ4n) is 4.53. The highest BCUT2D eigenvalue weighted by Gasteiger charge is 2.32. The predicted molar refractivity (Wildman–Crippen MR) is 108 cm³/mol. The number of hydrogen-bond donors (Lipinski definition) is 0. The van der Waals surface area contributed by atoms with Gasteiger partial charge in [-0.3, -0.25) is 14.7 Å². The third-order valence-corrected chi connectivity index (χ3v) is 5.94. The Labute approximate surface area is 159 Å². The number of carbonyl (C=O) groups is 1. The molecule has 1 amide bonds. The van der Waals surface area contributed by atoms with Crippen LogP contribution in [-0.4, -0.2) is 52.9 Å². The maximum absolute atomic E-state index is 13.1. The molecule has 0 saturated carbocycles. The molecule has 0 spiro atoms. The largest absolute Gasteiger partial charge is 0.336 e. The van der Waals surface area contributed by atoms with E-state index in [4.69, 9.17) is 0 Å². The number of hydrogen-bond acceptors (Lipinski definition) is 3. The summed E-state index contributed by atoms with van der Waals surface area (Å²) in [4.78, 5) is 22.1. The first-order valence-corrected chi connectivity index (χ1v) is 9.77. The normalized spacial score (nSPS) is 20.0. The molecule has 3 heterocycles. The van der Waals surface area contributed by atoms with Gasteiger partial charge in [-0.15, -0.1) is 0 Å². The second-order valence-electron chi connectivity index (χ2n) is 7.54. The van der Waals surface area contributed by atoms with Crippen LogP contribution in [0.25, 0.3) is 22.0 Å². The Morgan fingerprint density at radius 1 is 1.00 bits per heavy atom. The Morgan fingerprint density at radius 2 is 1.93 bits per heavy atom. The summed E-state index contributed by atoms with van der Waals surface area (Å²) in [7, 11) is 0. The number of nitrogens with zero attached hydrogens (tertiary/aromatic N) is 3. The highest BCUT2D eigenvalue weighted by molar-refractivity contribution is 5.98. The number of fused-ring (bicyclic) bond motifs is 2. The van der Waals surface area contributed by atoms with Gasteiger partial charge in [0.2, 0.25) is 0 Å². The highest BCUT2D eigenvalue weighted by Crippen LogP contribution is 2.29. The number of amides is 1. The first kappa shape index (κ1) is 16.5. The van der Waals surface area contributed by atoms with E-state index >= 15 is 0 Å². The van der Waals surface area contributed by atoms with Crippen molar-refractivity contribution in [3.05, 3.63) is 66.4 Å². The molecular formula is C23H23N3O. The number of para-hydroxylation sites is 1. The summed E-state index contributed by atoms with van der Waals surface area (Å²) < 4.78 is 0. The zero-order valence-corrected chi connectivity index (χ0v) is 15.3. The molecule has 1 atom stereocenters. The Balaban J connectivity index is 1.46. The molecule has 5 rings (SSSR count). The van der Waals surface area contributed by atoms with E-state index in [0.29, 0.717) is 6.04 Å². The van der Waals surface area contributed by atoms with E-state index < -0.39 is 0 Å². The molecule has 2 aliphatic heterocycles. The second-order valence-corrected chi connectivity index (χ2v) is 7.54. The molecule has 0 radical (unpaired) electrons. The lowest BCUT2D eigenvalue weighted by Crippen LogP contribution is -2.52. The minimum Gasteiger partial charge on any atom is -0.336 e. The number of benzene rings is 2. The van der Waals surface area contributed by atoms with E-state index in [9.17, 15) is 4.79 Å². The van der Waals surface area contributed by atoms with Crippen molar-refractivity contribution in [3.63, 3.8) is 0 Å². The van der Waals surface area contributed by atoms with Crippen LogP contribution in [-0.2, 0) is 0 Å². The van der Waals surface area contributed by atoms with Gasteiger partial charge in [-0.1, -0.05) is 30.3 Å². The van der Waals surface area contributed by atoms with E-state index in [0.717, 1.165) is 47.2 Å². The molecule has 0 bridgehead atoms. The molecule has 136 valence electrons. The first-order valence-electron chi connectivity index (χ1n) is 9.77. The SMILES string of the molecule is O=C(c1cccc(-c2ccnc3ccccc23)c1)N1CCN2CCC[C@H]2C1. The van der Waals surface area contributed by atoms with E-state index in [-0.39, 0.29) is 5.91 Å². The first-order chi connectivity index (χ1) is 13.3. The molecule has 2 saturated heterocycles.